The summed E-state index contributed by atoms with van der Waals surface area (Å²) in [5.74, 6) is 0.149. The van der Waals surface area contributed by atoms with E-state index in [1.54, 1.807) is 0 Å². The molecule has 3 heteroatoms. The number of piperidine rings is 1. The van der Waals surface area contributed by atoms with E-state index in [-0.39, 0.29) is 11.3 Å². The maximum atomic E-state index is 12.7. The summed E-state index contributed by atoms with van der Waals surface area (Å²) in [6.45, 7) is 12.1. The molecule has 1 amide bonds. The van der Waals surface area contributed by atoms with Crippen molar-refractivity contribution in [1.29, 1.82) is 0 Å². The van der Waals surface area contributed by atoms with Crippen LogP contribution in [0.25, 0.3) is 0 Å². The van der Waals surface area contributed by atoms with E-state index in [2.05, 4.69) is 44.7 Å². The minimum atomic E-state index is 0.125. The van der Waals surface area contributed by atoms with Gasteiger partial charge in [-0.1, -0.05) is 39.8 Å². The van der Waals surface area contributed by atoms with Gasteiger partial charge in [-0.25, -0.2) is 0 Å². The van der Waals surface area contributed by atoms with Crippen LogP contribution in [-0.4, -0.2) is 48.4 Å². The SMILES string of the molecule is CCN1CCC(N(C)C(=O)c2ccc(C(C)(C)C)cc2)CC1. The number of rotatable bonds is 3. The number of hydrogen-bond acceptors (Lipinski definition) is 2. The molecule has 0 N–H and O–H groups in total. The molecule has 0 aromatic heterocycles. The lowest BCUT2D eigenvalue weighted by Gasteiger charge is -2.36. The molecular weight excluding hydrogens is 272 g/mol. The summed E-state index contributed by atoms with van der Waals surface area (Å²) in [5, 5.41) is 0. The van der Waals surface area contributed by atoms with Gasteiger partial charge in [0, 0.05) is 31.7 Å². The van der Waals surface area contributed by atoms with E-state index >= 15 is 0 Å². The van der Waals surface area contributed by atoms with Gasteiger partial charge in [0.15, 0.2) is 0 Å². The number of carbonyl (C=O) groups is 1. The first-order valence-corrected chi connectivity index (χ1v) is 8.43. The maximum absolute atomic E-state index is 12.7. The van der Waals surface area contributed by atoms with Crippen LogP contribution in [0.5, 0.6) is 0 Å². The van der Waals surface area contributed by atoms with Crippen LogP contribution in [0.4, 0.5) is 0 Å². The van der Waals surface area contributed by atoms with Gasteiger partial charge in [0.2, 0.25) is 0 Å². The first kappa shape index (κ1) is 17.0. The quantitative estimate of drug-likeness (QED) is 0.852. The second kappa shape index (κ2) is 6.82. The van der Waals surface area contributed by atoms with Crippen LogP contribution >= 0.6 is 0 Å². The van der Waals surface area contributed by atoms with Crippen molar-refractivity contribution in [2.45, 2.75) is 52.0 Å². The topological polar surface area (TPSA) is 23.6 Å². The number of hydrogen-bond donors (Lipinski definition) is 0. The van der Waals surface area contributed by atoms with Crippen LogP contribution in [0.15, 0.2) is 24.3 Å². The molecule has 3 nitrogen and oxygen atoms in total. The van der Waals surface area contributed by atoms with E-state index < -0.39 is 0 Å². The van der Waals surface area contributed by atoms with Gasteiger partial charge >= 0.3 is 0 Å². The Labute approximate surface area is 135 Å². The van der Waals surface area contributed by atoms with Crippen molar-refractivity contribution in [1.82, 2.24) is 9.80 Å². The predicted molar refractivity (Wildman–Crippen MR) is 92.4 cm³/mol. The fraction of sp³-hybridized carbons (Fsp3) is 0.632. The first-order chi connectivity index (χ1) is 10.3. The third-order valence-electron chi connectivity index (χ3n) is 4.87. The number of carbonyl (C=O) groups excluding carboxylic acids is 1. The summed E-state index contributed by atoms with van der Waals surface area (Å²) in [7, 11) is 1.95. The lowest BCUT2D eigenvalue weighted by atomic mass is 9.86. The highest BCUT2D eigenvalue weighted by Gasteiger charge is 2.25. The molecule has 1 aliphatic heterocycles. The van der Waals surface area contributed by atoms with Crippen LogP contribution in [-0.2, 0) is 5.41 Å². The number of amides is 1. The van der Waals surface area contributed by atoms with Crippen molar-refractivity contribution >= 4 is 5.91 Å². The highest BCUT2D eigenvalue weighted by atomic mass is 16.2. The Balaban J connectivity index is 2.02. The van der Waals surface area contributed by atoms with Crippen LogP contribution in [0.2, 0.25) is 0 Å². The Hall–Kier alpha value is -1.35. The van der Waals surface area contributed by atoms with Crippen molar-refractivity contribution in [2.24, 2.45) is 0 Å². The molecule has 22 heavy (non-hydrogen) atoms. The Morgan fingerprint density at radius 2 is 1.73 bits per heavy atom. The van der Waals surface area contributed by atoms with E-state index in [1.807, 2.05) is 24.1 Å². The molecule has 0 atom stereocenters. The van der Waals surface area contributed by atoms with Gasteiger partial charge in [-0.05, 0) is 42.5 Å². The summed E-state index contributed by atoms with van der Waals surface area (Å²) in [6, 6.07) is 8.49. The molecule has 1 saturated heterocycles. The standard InChI is InChI=1S/C19H30N2O/c1-6-21-13-11-17(12-14-21)20(5)18(22)15-7-9-16(10-8-15)19(2,3)4/h7-10,17H,6,11-14H2,1-5H3. The zero-order valence-corrected chi connectivity index (χ0v) is 14.7. The van der Waals surface area contributed by atoms with Gasteiger partial charge in [-0.3, -0.25) is 4.79 Å². The third-order valence-corrected chi connectivity index (χ3v) is 4.87. The van der Waals surface area contributed by atoms with Crippen molar-refractivity contribution in [3.05, 3.63) is 35.4 Å². The molecule has 0 spiro atoms. The van der Waals surface area contributed by atoms with Gasteiger partial charge in [-0.15, -0.1) is 0 Å². The molecule has 1 aliphatic rings. The molecule has 122 valence electrons. The Morgan fingerprint density at radius 1 is 1.18 bits per heavy atom. The molecule has 1 fully saturated rings. The Bertz CT molecular complexity index is 493. The van der Waals surface area contributed by atoms with Crippen LogP contribution < -0.4 is 0 Å². The summed E-state index contributed by atoms with van der Waals surface area (Å²) in [6.07, 6.45) is 2.16. The van der Waals surface area contributed by atoms with Crippen molar-refractivity contribution in [2.75, 3.05) is 26.7 Å². The zero-order valence-electron chi connectivity index (χ0n) is 14.7. The summed E-state index contributed by atoms with van der Waals surface area (Å²) < 4.78 is 0. The fourth-order valence-electron chi connectivity index (χ4n) is 3.11. The Morgan fingerprint density at radius 3 is 2.18 bits per heavy atom. The van der Waals surface area contributed by atoms with Gasteiger partial charge in [0.05, 0.1) is 0 Å². The second-order valence-corrected chi connectivity index (χ2v) is 7.41. The first-order valence-electron chi connectivity index (χ1n) is 8.43. The van der Waals surface area contributed by atoms with Gasteiger partial charge in [0.25, 0.3) is 5.91 Å². The van der Waals surface area contributed by atoms with E-state index in [4.69, 9.17) is 0 Å². The highest BCUT2D eigenvalue weighted by molar-refractivity contribution is 5.94. The lowest BCUT2D eigenvalue weighted by molar-refractivity contribution is 0.0647. The number of benzene rings is 1. The number of likely N-dealkylation sites (tertiary alicyclic amines) is 1. The van der Waals surface area contributed by atoms with E-state index in [1.165, 1.54) is 5.56 Å². The maximum Gasteiger partial charge on any atom is 0.253 e. The molecule has 1 aromatic carbocycles. The molecule has 1 heterocycles. The van der Waals surface area contributed by atoms with E-state index in [0.717, 1.165) is 38.0 Å². The zero-order chi connectivity index (χ0) is 16.3. The predicted octanol–water partition coefficient (Wildman–Crippen LogP) is 3.54. The molecule has 0 unspecified atom stereocenters. The van der Waals surface area contributed by atoms with Gasteiger partial charge < -0.3 is 9.80 Å². The van der Waals surface area contributed by atoms with Crippen LogP contribution in [0, 0.1) is 0 Å². The van der Waals surface area contributed by atoms with Crippen molar-refractivity contribution in [3.63, 3.8) is 0 Å². The minimum absolute atomic E-state index is 0.125. The van der Waals surface area contributed by atoms with E-state index in [0.29, 0.717) is 6.04 Å². The van der Waals surface area contributed by atoms with Gasteiger partial charge in [-0.2, -0.15) is 0 Å². The third kappa shape index (κ3) is 3.89. The van der Waals surface area contributed by atoms with Crippen LogP contribution in [0.1, 0.15) is 56.5 Å². The molecule has 0 saturated carbocycles. The largest absolute Gasteiger partial charge is 0.339 e. The molecule has 1 aromatic rings. The fourth-order valence-corrected chi connectivity index (χ4v) is 3.11. The highest BCUT2D eigenvalue weighted by Crippen LogP contribution is 2.23. The Kier molecular flexibility index (Phi) is 5.28. The molecular formula is C19H30N2O. The summed E-state index contributed by atoms with van der Waals surface area (Å²) in [5.41, 5.74) is 2.19. The number of nitrogens with zero attached hydrogens (tertiary/aromatic N) is 2. The normalized spacial score (nSPS) is 17.5. The monoisotopic (exact) mass is 302 g/mol. The summed E-state index contributed by atoms with van der Waals surface area (Å²) >= 11 is 0. The van der Waals surface area contributed by atoms with Gasteiger partial charge in [0.1, 0.15) is 0 Å². The smallest absolute Gasteiger partial charge is 0.253 e. The average molecular weight is 302 g/mol. The van der Waals surface area contributed by atoms with Crippen molar-refractivity contribution < 1.29 is 4.79 Å². The molecule has 0 bridgehead atoms. The average Bonchev–Trinajstić information content (AvgIpc) is 2.53. The summed E-state index contributed by atoms with van der Waals surface area (Å²) in [4.78, 5) is 17.1. The van der Waals surface area contributed by atoms with Crippen LogP contribution in [0.3, 0.4) is 0 Å². The van der Waals surface area contributed by atoms with Crippen molar-refractivity contribution in [3.8, 4) is 0 Å². The molecule has 0 radical (unpaired) electrons. The molecule has 2 rings (SSSR count). The second-order valence-electron chi connectivity index (χ2n) is 7.41. The molecule has 0 aliphatic carbocycles. The lowest BCUT2D eigenvalue weighted by Crippen LogP contribution is -2.45. The van der Waals surface area contributed by atoms with E-state index in [9.17, 15) is 4.79 Å². The minimum Gasteiger partial charge on any atom is -0.339 e.